The number of aromatic carboxylic acids is 1. The van der Waals surface area contributed by atoms with Gasteiger partial charge in [0.25, 0.3) is 5.56 Å². The topological polar surface area (TPSA) is 84.3 Å². The number of nitrogens with zero attached hydrogens (tertiary/aromatic N) is 1. The van der Waals surface area contributed by atoms with Gasteiger partial charge in [-0.2, -0.15) is 0 Å². The number of carboxylic acids is 1. The van der Waals surface area contributed by atoms with Crippen LogP contribution in [0.25, 0.3) is 18.3 Å². The minimum atomic E-state index is -1.02. The molecule has 1 aromatic heterocycles. The van der Waals surface area contributed by atoms with Crippen molar-refractivity contribution in [2.75, 3.05) is 6.61 Å². The fraction of sp³-hybridized carbons (Fsp3) is 0.100. The standard InChI is InChI=1S/C20H18N2O4/c1-3-26-17-10-4-14(5-11-17)12-18-13(2)21-22(19(18)23)16-8-6-15(7-9-16)20(24)25/h4-12,21H,2-3H2,1H3,(H,24,25)/b18-12-. The van der Waals surface area contributed by atoms with Crippen LogP contribution in [0, 0.1) is 0 Å². The van der Waals surface area contributed by atoms with Crippen LogP contribution in [0.2, 0.25) is 0 Å². The molecule has 0 saturated carbocycles. The molecule has 0 spiro atoms. The molecule has 0 bridgehead atoms. The van der Waals surface area contributed by atoms with Gasteiger partial charge in [0.05, 0.1) is 28.4 Å². The van der Waals surface area contributed by atoms with Gasteiger partial charge in [0, 0.05) is 0 Å². The van der Waals surface area contributed by atoms with Crippen molar-refractivity contribution in [1.29, 1.82) is 0 Å². The van der Waals surface area contributed by atoms with Gasteiger partial charge in [-0.15, -0.1) is 0 Å². The van der Waals surface area contributed by atoms with Crippen LogP contribution >= 0.6 is 0 Å². The van der Waals surface area contributed by atoms with Crippen LogP contribution in [0.3, 0.4) is 0 Å². The Kier molecular flexibility index (Phi) is 4.75. The first-order valence-electron chi connectivity index (χ1n) is 8.08. The van der Waals surface area contributed by atoms with Gasteiger partial charge in [-0.05, 0) is 55.0 Å². The van der Waals surface area contributed by atoms with Crippen LogP contribution in [0.15, 0.2) is 53.3 Å². The number of carboxylic acid groups (broad SMARTS) is 1. The van der Waals surface area contributed by atoms with E-state index >= 15 is 0 Å². The lowest BCUT2D eigenvalue weighted by Gasteiger charge is -2.02. The van der Waals surface area contributed by atoms with Gasteiger partial charge >= 0.3 is 5.97 Å². The van der Waals surface area contributed by atoms with Crippen LogP contribution in [0.1, 0.15) is 22.8 Å². The highest BCUT2D eigenvalue weighted by atomic mass is 16.5. The van der Waals surface area contributed by atoms with Crippen LogP contribution in [-0.2, 0) is 0 Å². The van der Waals surface area contributed by atoms with Crippen molar-refractivity contribution >= 4 is 18.6 Å². The molecule has 0 amide bonds. The number of aromatic amines is 1. The van der Waals surface area contributed by atoms with E-state index in [9.17, 15) is 9.59 Å². The Bertz CT molecular complexity index is 1090. The molecule has 3 rings (SSSR count). The maximum atomic E-state index is 12.7. The van der Waals surface area contributed by atoms with Gasteiger partial charge in [0.15, 0.2) is 0 Å². The average Bonchev–Trinajstić information content (AvgIpc) is 2.92. The molecule has 2 aromatic carbocycles. The maximum absolute atomic E-state index is 12.7. The number of rotatable bonds is 5. The molecule has 6 nitrogen and oxygen atoms in total. The zero-order valence-corrected chi connectivity index (χ0v) is 14.2. The Morgan fingerprint density at radius 2 is 1.85 bits per heavy atom. The third kappa shape index (κ3) is 3.44. The first kappa shape index (κ1) is 17.3. The summed E-state index contributed by atoms with van der Waals surface area (Å²) < 4.78 is 6.75. The molecule has 0 radical (unpaired) electrons. The number of aromatic nitrogens is 2. The molecule has 132 valence electrons. The quantitative estimate of drug-likeness (QED) is 0.730. The first-order chi connectivity index (χ1) is 12.5. The smallest absolute Gasteiger partial charge is 0.335 e. The zero-order valence-electron chi connectivity index (χ0n) is 14.2. The second-order valence-electron chi connectivity index (χ2n) is 5.64. The minimum Gasteiger partial charge on any atom is -0.494 e. The number of ether oxygens (including phenoxy) is 1. The highest BCUT2D eigenvalue weighted by Gasteiger charge is 2.07. The van der Waals surface area contributed by atoms with Crippen molar-refractivity contribution in [3.8, 4) is 11.4 Å². The van der Waals surface area contributed by atoms with E-state index in [0.29, 0.717) is 22.9 Å². The van der Waals surface area contributed by atoms with Gasteiger partial charge in [-0.3, -0.25) is 9.89 Å². The summed E-state index contributed by atoms with van der Waals surface area (Å²) in [5.74, 6) is -0.248. The molecule has 0 aliphatic rings. The summed E-state index contributed by atoms with van der Waals surface area (Å²) in [6.07, 6.45) is 1.75. The third-order valence-corrected chi connectivity index (χ3v) is 3.88. The molecular weight excluding hydrogens is 332 g/mol. The summed E-state index contributed by atoms with van der Waals surface area (Å²) in [4.78, 5) is 23.6. The molecule has 3 aromatic rings. The number of benzene rings is 2. The Labute approximate surface area is 149 Å². The molecule has 0 unspecified atom stereocenters. The molecule has 6 heteroatoms. The van der Waals surface area contributed by atoms with Crippen molar-refractivity contribution in [2.24, 2.45) is 0 Å². The summed E-state index contributed by atoms with van der Waals surface area (Å²) in [6.45, 7) is 6.40. The molecule has 0 fully saturated rings. The number of hydrogen-bond donors (Lipinski definition) is 2. The molecule has 0 saturated heterocycles. The van der Waals surface area contributed by atoms with Crippen LogP contribution in [-0.4, -0.2) is 27.5 Å². The second kappa shape index (κ2) is 7.14. The number of hydrogen-bond acceptors (Lipinski definition) is 3. The predicted molar refractivity (Wildman–Crippen MR) is 99.3 cm³/mol. The van der Waals surface area contributed by atoms with Gasteiger partial charge in [0.2, 0.25) is 0 Å². The van der Waals surface area contributed by atoms with Crippen molar-refractivity contribution in [3.63, 3.8) is 0 Å². The minimum absolute atomic E-state index is 0.157. The van der Waals surface area contributed by atoms with Crippen molar-refractivity contribution in [2.45, 2.75) is 6.92 Å². The van der Waals surface area contributed by atoms with E-state index in [1.54, 1.807) is 18.2 Å². The SMILES string of the molecule is C=c1[nH]n(-c2ccc(C(=O)O)cc2)c(=O)/c1=C\c1ccc(OCC)cc1. The third-order valence-electron chi connectivity index (χ3n) is 3.88. The molecular formula is C20H18N2O4. The van der Waals surface area contributed by atoms with Gasteiger partial charge in [-0.1, -0.05) is 18.7 Å². The summed E-state index contributed by atoms with van der Waals surface area (Å²) in [6, 6.07) is 13.4. The Morgan fingerprint density at radius 1 is 1.19 bits per heavy atom. The van der Waals surface area contributed by atoms with E-state index < -0.39 is 5.97 Å². The predicted octanol–water partition coefficient (Wildman–Crippen LogP) is 1.50. The van der Waals surface area contributed by atoms with Crippen LogP contribution < -0.4 is 20.9 Å². The van der Waals surface area contributed by atoms with Gasteiger partial charge < -0.3 is 9.84 Å². The zero-order chi connectivity index (χ0) is 18.7. The van der Waals surface area contributed by atoms with Gasteiger partial charge in [0.1, 0.15) is 5.75 Å². The average molecular weight is 350 g/mol. The first-order valence-corrected chi connectivity index (χ1v) is 8.08. The number of carbonyl (C=O) groups is 1. The fourth-order valence-electron chi connectivity index (χ4n) is 2.57. The molecule has 0 aliphatic heterocycles. The van der Waals surface area contributed by atoms with E-state index in [1.807, 2.05) is 31.2 Å². The fourth-order valence-corrected chi connectivity index (χ4v) is 2.57. The molecule has 0 aliphatic carbocycles. The summed E-state index contributed by atoms with van der Waals surface area (Å²) >= 11 is 0. The number of H-pyrrole nitrogens is 1. The lowest BCUT2D eigenvalue weighted by Crippen LogP contribution is -2.33. The molecule has 2 N–H and O–H groups in total. The largest absolute Gasteiger partial charge is 0.494 e. The monoisotopic (exact) mass is 350 g/mol. The summed E-state index contributed by atoms with van der Waals surface area (Å²) in [5, 5.41) is 12.8. The highest BCUT2D eigenvalue weighted by molar-refractivity contribution is 5.87. The van der Waals surface area contributed by atoms with E-state index in [1.165, 1.54) is 16.8 Å². The second-order valence-corrected chi connectivity index (χ2v) is 5.64. The van der Waals surface area contributed by atoms with Crippen LogP contribution in [0.5, 0.6) is 5.75 Å². The molecule has 0 atom stereocenters. The molecule has 1 heterocycles. The summed E-state index contributed by atoms with van der Waals surface area (Å²) in [7, 11) is 0. The Hall–Kier alpha value is -3.54. The molecule has 26 heavy (non-hydrogen) atoms. The van der Waals surface area contributed by atoms with Crippen molar-refractivity contribution in [1.82, 2.24) is 9.78 Å². The Balaban J connectivity index is 2.01. The van der Waals surface area contributed by atoms with E-state index in [2.05, 4.69) is 11.7 Å². The summed E-state index contributed by atoms with van der Waals surface area (Å²) in [5.41, 5.74) is 1.29. The van der Waals surface area contributed by atoms with Crippen molar-refractivity contribution in [3.05, 3.63) is 80.6 Å². The Morgan fingerprint density at radius 3 is 2.42 bits per heavy atom. The number of nitrogens with one attached hydrogen (secondary N) is 1. The van der Waals surface area contributed by atoms with Gasteiger partial charge in [-0.25, -0.2) is 9.48 Å². The van der Waals surface area contributed by atoms with E-state index in [-0.39, 0.29) is 11.1 Å². The maximum Gasteiger partial charge on any atom is 0.335 e. The van der Waals surface area contributed by atoms with E-state index in [0.717, 1.165) is 11.3 Å². The van der Waals surface area contributed by atoms with Crippen LogP contribution in [0.4, 0.5) is 0 Å². The lowest BCUT2D eigenvalue weighted by atomic mass is 10.2. The van der Waals surface area contributed by atoms with Crippen molar-refractivity contribution < 1.29 is 14.6 Å². The normalized spacial score (nSPS) is 11.5. The highest BCUT2D eigenvalue weighted by Crippen LogP contribution is 2.12. The van der Waals surface area contributed by atoms with E-state index in [4.69, 9.17) is 9.84 Å². The lowest BCUT2D eigenvalue weighted by molar-refractivity contribution is 0.0697.